The topological polar surface area (TPSA) is 105 Å². The zero-order valence-electron chi connectivity index (χ0n) is 47.3. The van der Waals surface area contributed by atoms with Crippen molar-refractivity contribution < 1.29 is 32.9 Å². The molecule has 0 aromatic rings. The van der Waals surface area contributed by atoms with Crippen LogP contribution in [0.3, 0.4) is 0 Å². The zero-order valence-corrected chi connectivity index (χ0v) is 48.2. The molecule has 0 bridgehead atoms. The molecule has 0 aliphatic carbocycles. The Morgan fingerprint density at radius 3 is 1.19 bits per heavy atom. The number of allylic oxidation sites excluding steroid dienone is 6. The first-order chi connectivity index (χ1) is 34.0. The van der Waals surface area contributed by atoms with Crippen LogP contribution in [0.5, 0.6) is 0 Å². The van der Waals surface area contributed by atoms with Crippen LogP contribution in [-0.2, 0) is 18.4 Å². The summed E-state index contributed by atoms with van der Waals surface area (Å²) in [6, 6.07) is -0.761. The Morgan fingerprint density at radius 2 is 0.814 bits per heavy atom. The van der Waals surface area contributed by atoms with Crippen molar-refractivity contribution in [2.45, 2.75) is 309 Å². The van der Waals surface area contributed by atoms with Crippen LogP contribution in [0, 0.1) is 0 Å². The summed E-state index contributed by atoms with van der Waals surface area (Å²) in [5.74, 6) is -0.141. The Morgan fingerprint density at radius 1 is 0.486 bits per heavy atom. The number of rotatable bonds is 56. The molecule has 0 spiro atoms. The number of aliphatic hydroxyl groups is 1. The first-order valence-electron chi connectivity index (χ1n) is 30.4. The molecule has 0 fully saturated rings. The minimum Gasteiger partial charge on any atom is -0.391 e. The summed E-state index contributed by atoms with van der Waals surface area (Å²) in [4.78, 5) is 23.4. The Labute approximate surface area is 436 Å². The Balaban J connectivity index is 4.10. The van der Waals surface area contributed by atoms with Crippen molar-refractivity contribution in [3.05, 3.63) is 36.5 Å². The molecule has 3 N–H and O–H groups in total. The highest BCUT2D eigenvalue weighted by molar-refractivity contribution is 7.47. The minimum atomic E-state index is -4.32. The van der Waals surface area contributed by atoms with Crippen molar-refractivity contribution in [1.29, 1.82) is 0 Å². The van der Waals surface area contributed by atoms with Gasteiger partial charge in [-0.05, 0) is 51.4 Å². The fourth-order valence-electron chi connectivity index (χ4n) is 9.12. The van der Waals surface area contributed by atoms with Gasteiger partial charge < -0.3 is 19.8 Å². The molecule has 0 saturated carbocycles. The molecule has 3 atom stereocenters. The highest BCUT2D eigenvalue weighted by Crippen LogP contribution is 2.43. The molecule has 8 nitrogen and oxygen atoms in total. The predicted octanol–water partition coefficient (Wildman–Crippen LogP) is 18.5. The van der Waals surface area contributed by atoms with Gasteiger partial charge in [0.1, 0.15) is 13.2 Å². The van der Waals surface area contributed by atoms with Crippen molar-refractivity contribution in [1.82, 2.24) is 5.32 Å². The molecule has 0 rings (SSSR count). The largest absolute Gasteiger partial charge is 0.472 e. The van der Waals surface area contributed by atoms with E-state index in [1.54, 1.807) is 0 Å². The number of phosphoric acid groups is 1. The number of likely N-dealkylation sites (N-methyl/N-ethyl adjacent to an activating group) is 1. The standard InChI is InChI=1S/C61H119N2O6P/c1-6-8-10-12-14-16-18-20-22-24-26-27-28-29-30-31-32-33-34-35-37-39-41-43-45-47-49-51-53-55-61(65)62-59(58-69-70(66,67)68-57-56-63(3,4)5)60(64)54-52-50-48-46-44-42-40-38-36-25-23-21-19-17-15-13-11-9-7-2/h18,20,24,26,28-29,59-60,64H,6-17,19,21-23,25,27,30-58H2,1-5H3,(H-,62,65,66,67)/p+1/b20-18-,26-24-,29-28-. The van der Waals surface area contributed by atoms with Crippen LogP contribution in [0.25, 0.3) is 0 Å². The van der Waals surface area contributed by atoms with Crippen molar-refractivity contribution in [2.75, 3.05) is 40.9 Å². The van der Waals surface area contributed by atoms with Crippen LogP contribution in [0.1, 0.15) is 296 Å². The second-order valence-electron chi connectivity index (χ2n) is 22.1. The second kappa shape index (κ2) is 52.6. The van der Waals surface area contributed by atoms with Gasteiger partial charge in [-0.3, -0.25) is 13.8 Å². The fraction of sp³-hybridized carbons (Fsp3) is 0.885. The first kappa shape index (κ1) is 68.7. The third-order valence-electron chi connectivity index (χ3n) is 13.9. The van der Waals surface area contributed by atoms with Crippen molar-refractivity contribution in [3.63, 3.8) is 0 Å². The summed E-state index contributed by atoms with van der Waals surface area (Å²) in [6.45, 7) is 4.91. The lowest BCUT2D eigenvalue weighted by Gasteiger charge is -2.26. The number of nitrogens with one attached hydrogen (secondary N) is 1. The highest BCUT2D eigenvalue weighted by atomic mass is 31.2. The van der Waals surface area contributed by atoms with E-state index in [1.165, 1.54) is 218 Å². The van der Waals surface area contributed by atoms with E-state index < -0.39 is 20.0 Å². The average Bonchev–Trinajstić information content (AvgIpc) is 3.32. The van der Waals surface area contributed by atoms with E-state index in [9.17, 15) is 19.4 Å². The lowest BCUT2D eigenvalue weighted by atomic mass is 10.0. The third kappa shape index (κ3) is 54.5. The van der Waals surface area contributed by atoms with Gasteiger partial charge in [-0.2, -0.15) is 0 Å². The van der Waals surface area contributed by atoms with Crippen LogP contribution >= 0.6 is 7.82 Å². The number of hydrogen-bond acceptors (Lipinski definition) is 5. The molecule has 70 heavy (non-hydrogen) atoms. The maximum absolute atomic E-state index is 13.0. The maximum atomic E-state index is 13.0. The van der Waals surface area contributed by atoms with E-state index >= 15 is 0 Å². The first-order valence-corrected chi connectivity index (χ1v) is 31.8. The van der Waals surface area contributed by atoms with Crippen LogP contribution in [-0.4, -0.2) is 73.4 Å². The molecule has 3 unspecified atom stereocenters. The van der Waals surface area contributed by atoms with E-state index in [0.29, 0.717) is 23.9 Å². The number of quaternary nitrogens is 1. The van der Waals surface area contributed by atoms with Crippen LogP contribution in [0.15, 0.2) is 36.5 Å². The summed E-state index contributed by atoms with van der Waals surface area (Å²) in [5, 5.41) is 14.1. The zero-order chi connectivity index (χ0) is 51.3. The van der Waals surface area contributed by atoms with Gasteiger partial charge in [0.05, 0.1) is 39.9 Å². The van der Waals surface area contributed by atoms with Crippen LogP contribution < -0.4 is 5.32 Å². The van der Waals surface area contributed by atoms with Crippen LogP contribution in [0.4, 0.5) is 0 Å². The molecule has 0 saturated heterocycles. The lowest BCUT2D eigenvalue weighted by Crippen LogP contribution is -2.46. The summed E-state index contributed by atoms with van der Waals surface area (Å²) in [6.07, 6.45) is 67.7. The van der Waals surface area contributed by atoms with E-state index in [0.717, 1.165) is 51.4 Å². The van der Waals surface area contributed by atoms with Gasteiger partial charge >= 0.3 is 7.82 Å². The summed E-state index contributed by atoms with van der Waals surface area (Å²) >= 11 is 0. The Bertz CT molecular complexity index is 1230. The Kier molecular flexibility index (Phi) is 51.6. The van der Waals surface area contributed by atoms with Gasteiger partial charge in [-0.25, -0.2) is 4.57 Å². The molecule has 0 aromatic carbocycles. The van der Waals surface area contributed by atoms with Crippen molar-refractivity contribution in [3.8, 4) is 0 Å². The monoisotopic (exact) mass is 1010 g/mol. The molecule has 0 aliphatic rings. The smallest absolute Gasteiger partial charge is 0.391 e. The van der Waals surface area contributed by atoms with E-state index in [1.807, 2.05) is 21.1 Å². The molecular weight excluding hydrogens is 888 g/mol. The molecule has 1 amide bonds. The average molecular weight is 1010 g/mol. The van der Waals surface area contributed by atoms with E-state index in [2.05, 4.69) is 55.6 Å². The minimum absolute atomic E-state index is 0.0755. The van der Waals surface area contributed by atoms with Gasteiger partial charge in [-0.15, -0.1) is 0 Å². The van der Waals surface area contributed by atoms with Gasteiger partial charge in [-0.1, -0.05) is 275 Å². The number of nitrogens with zero attached hydrogens (tertiary/aromatic N) is 1. The normalized spacial score (nSPS) is 14.1. The van der Waals surface area contributed by atoms with Gasteiger partial charge in [0.2, 0.25) is 5.91 Å². The predicted molar refractivity (Wildman–Crippen MR) is 304 cm³/mol. The van der Waals surface area contributed by atoms with E-state index in [-0.39, 0.29) is 19.1 Å². The molecule has 0 aliphatic heterocycles. The number of carbonyl (C=O) groups is 1. The van der Waals surface area contributed by atoms with Gasteiger partial charge in [0, 0.05) is 6.42 Å². The number of hydrogen-bond donors (Lipinski definition) is 3. The number of carbonyl (C=O) groups excluding carboxylic acids is 1. The van der Waals surface area contributed by atoms with Gasteiger partial charge in [0.25, 0.3) is 0 Å². The molecule has 414 valence electrons. The SMILES string of the molecule is CCCCCCC/C=C\C/C=C\C/C=C\CCCCCCCCCCCCCCCCC(=O)NC(COP(=O)(O)OCC[N+](C)(C)C)C(O)CCCCCCCCCCCCCCCCCCCCC. The molecule has 0 heterocycles. The van der Waals surface area contributed by atoms with E-state index in [4.69, 9.17) is 9.05 Å². The third-order valence-corrected chi connectivity index (χ3v) is 14.9. The molecule has 0 radical (unpaired) electrons. The summed E-state index contributed by atoms with van der Waals surface area (Å²) < 4.78 is 23.8. The summed E-state index contributed by atoms with van der Waals surface area (Å²) in [5.41, 5.74) is 0. The second-order valence-corrected chi connectivity index (χ2v) is 23.5. The fourth-order valence-corrected chi connectivity index (χ4v) is 9.85. The molecule has 9 heteroatoms. The summed E-state index contributed by atoms with van der Waals surface area (Å²) in [7, 11) is 1.62. The maximum Gasteiger partial charge on any atom is 0.472 e. The highest BCUT2D eigenvalue weighted by Gasteiger charge is 2.28. The number of amides is 1. The molecule has 0 aromatic heterocycles. The van der Waals surface area contributed by atoms with Crippen molar-refractivity contribution >= 4 is 13.7 Å². The van der Waals surface area contributed by atoms with Gasteiger partial charge in [0.15, 0.2) is 0 Å². The Hall–Kier alpha value is -1.28. The number of phosphoric ester groups is 1. The quantitative estimate of drug-likeness (QED) is 0.0243. The number of unbranched alkanes of at least 4 members (excludes halogenated alkanes) is 37. The lowest BCUT2D eigenvalue weighted by molar-refractivity contribution is -0.870. The molecular formula is C61H120N2O6P+. The van der Waals surface area contributed by atoms with Crippen molar-refractivity contribution in [2.24, 2.45) is 0 Å². The van der Waals surface area contributed by atoms with Crippen LogP contribution in [0.2, 0.25) is 0 Å². The number of aliphatic hydroxyl groups excluding tert-OH is 1.